The van der Waals surface area contributed by atoms with Crippen LogP contribution in [-0.4, -0.2) is 25.5 Å². The fourth-order valence-electron chi connectivity index (χ4n) is 0.418. The van der Waals surface area contributed by atoms with Crippen molar-refractivity contribution < 1.29 is 9.53 Å². The lowest BCUT2D eigenvalue weighted by atomic mass is 10.5. The Labute approximate surface area is 60.0 Å². The second-order valence-corrected chi connectivity index (χ2v) is 1.65. The van der Waals surface area contributed by atoms with Gasteiger partial charge < -0.3 is 9.72 Å². The smallest absolute Gasteiger partial charge is 0.166 e. The molecule has 0 aliphatic rings. The van der Waals surface area contributed by atoms with E-state index in [1.165, 1.54) is 0 Å². The number of ether oxygens (including phenoxy) is 1. The number of carbonyl (C=O) groups is 1. The van der Waals surface area contributed by atoms with Crippen molar-refractivity contribution in [3.63, 3.8) is 0 Å². The minimum Gasteiger partial charge on any atom is -0.388 e. The van der Waals surface area contributed by atoms with Crippen molar-refractivity contribution in [2.24, 2.45) is 0 Å². The highest BCUT2D eigenvalue weighted by Crippen LogP contribution is 1.85. The first-order valence-electron chi connectivity index (χ1n) is 2.83. The van der Waals surface area contributed by atoms with Gasteiger partial charge in [-0.2, -0.15) is 0 Å². The van der Waals surface area contributed by atoms with E-state index in [9.17, 15) is 4.79 Å². The number of aromatic nitrogens is 1. The van der Waals surface area contributed by atoms with Crippen LogP contribution in [0.15, 0.2) is 18.3 Å². The Morgan fingerprint density at radius 1 is 1.60 bits per heavy atom. The molecule has 0 aliphatic heterocycles. The second kappa shape index (κ2) is 6.04. The number of H-pyrrole nitrogens is 1. The van der Waals surface area contributed by atoms with Crippen molar-refractivity contribution in [1.82, 2.24) is 4.98 Å². The van der Waals surface area contributed by atoms with Crippen LogP contribution in [0.3, 0.4) is 0 Å². The van der Waals surface area contributed by atoms with E-state index < -0.39 is 0 Å². The van der Waals surface area contributed by atoms with Gasteiger partial charge in [-0.3, -0.25) is 4.79 Å². The monoisotopic (exact) mass is 141 g/mol. The van der Waals surface area contributed by atoms with Gasteiger partial charge in [-0.15, -0.1) is 0 Å². The van der Waals surface area contributed by atoms with Gasteiger partial charge in [0.1, 0.15) is 0 Å². The summed E-state index contributed by atoms with van der Waals surface area (Å²) < 4.78 is 4.25. The van der Waals surface area contributed by atoms with Gasteiger partial charge >= 0.3 is 0 Å². The Morgan fingerprint density at radius 2 is 2.20 bits per heavy atom. The Balaban J connectivity index is 0.000000236. The fraction of sp³-hybridized carbons (Fsp3) is 0.286. The molecular weight excluding hydrogens is 130 g/mol. The van der Waals surface area contributed by atoms with Gasteiger partial charge in [0, 0.05) is 20.4 Å². The lowest BCUT2D eigenvalue weighted by Gasteiger charge is -1.70. The molecule has 0 saturated heterocycles. The van der Waals surface area contributed by atoms with E-state index in [0.29, 0.717) is 5.69 Å². The number of rotatable bonds is 1. The van der Waals surface area contributed by atoms with Gasteiger partial charge in [-0.05, 0) is 12.1 Å². The van der Waals surface area contributed by atoms with E-state index >= 15 is 0 Å². The summed E-state index contributed by atoms with van der Waals surface area (Å²) in [4.78, 5) is 12.6. The SMILES string of the molecule is COC.O=Cc1ccc[nH]1. The maximum Gasteiger partial charge on any atom is 0.166 e. The Morgan fingerprint density at radius 3 is 2.40 bits per heavy atom. The molecule has 3 heteroatoms. The van der Waals surface area contributed by atoms with Gasteiger partial charge in [-0.25, -0.2) is 0 Å². The predicted octanol–water partition coefficient (Wildman–Crippen LogP) is 1.09. The van der Waals surface area contributed by atoms with Crippen molar-refractivity contribution in [3.05, 3.63) is 24.0 Å². The van der Waals surface area contributed by atoms with Crippen LogP contribution in [0.2, 0.25) is 0 Å². The molecule has 0 saturated carbocycles. The van der Waals surface area contributed by atoms with E-state index in [-0.39, 0.29) is 0 Å². The molecule has 1 aromatic heterocycles. The molecule has 1 rings (SSSR count). The number of hydrogen-bond acceptors (Lipinski definition) is 2. The molecule has 0 atom stereocenters. The minimum absolute atomic E-state index is 0.625. The van der Waals surface area contributed by atoms with Crippen LogP contribution >= 0.6 is 0 Å². The third-order valence-corrected chi connectivity index (χ3v) is 0.749. The highest BCUT2D eigenvalue weighted by Gasteiger charge is 1.81. The summed E-state index contributed by atoms with van der Waals surface area (Å²) in [5.74, 6) is 0. The Bertz CT molecular complexity index is 158. The molecule has 1 aromatic rings. The number of nitrogens with one attached hydrogen (secondary N) is 1. The number of hydrogen-bond donors (Lipinski definition) is 1. The quantitative estimate of drug-likeness (QED) is 0.595. The van der Waals surface area contributed by atoms with Crippen LogP contribution in [0.25, 0.3) is 0 Å². The topological polar surface area (TPSA) is 42.1 Å². The lowest BCUT2D eigenvalue weighted by molar-refractivity contribution is 0.111. The summed E-state index contributed by atoms with van der Waals surface area (Å²) >= 11 is 0. The molecule has 0 amide bonds. The Hall–Kier alpha value is -1.09. The number of aldehydes is 1. The molecule has 3 nitrogen and oxygen atoms in total. The first-order chi connectivity index (χ1) is 4.85. The predicted molar refractivity (Wildman–Crippen MR) is 39.1 cm³/mol. The van der Waals surface area contributed by atoms with Gasteiger partial charge in [0.05, 0.1) is 5.69 Å². The first-order valence-corrected chi connectivity index (χ1v) is 2.83. The number of aromatic amines is 1. The summed E-state index contributed by atoms with van der Waals surface area (Å²) in [5, 5.41) is 0. The molecule has 1 heterocycles. The molecule has 56 valence electrons. The molecule has 0 aliphatic carbocycles. The third kappa shape index (κ3) is 3.86. The van der Waals surface area contributed by atoms with Gasteiger partial charge in [0.25, 0.3) is 0 Å². The zero-order chi connectivity index (χ0) is 7.82. The fourth-order valence-corrected chi connectivity index (χ4v) is 0.418. The average molecular weight is 141 g/mol. The van der Waals surface area contributed by atoms with Crippen molar-refractivity contribution >= 4 is 6.29 Å². The molecule has 10 heavy (non-hydrogen) atoms. The van der Waals surface area contributed by atoms with E-state index in [4.69, 9.17) is 0 Å². The normalized spacial score (nSPS) is 7.80. The van der Waals surface area contributed by atoms with E-state index in [1.807, 2.05) is 0 Å². The van der Waals surface area contributed by atoms with Crippen LogP contribution < -0.4 is 0 Å². The molecular formula is C7H11NO2. The van der Waals surface area contributed by atoms with Crippen LogP contribution in [-0.2, 0) is 4.74 Å². The highest BCUT2D eigenvalue weighted by atomic mass is 16.4. The summed E-state index contributed by atoms with van der Waals surface area (Å²) in [7, 11) is 3.25. The molecule has 0 aromatic carbocycles. The van der Waals surface area contributed by atoms with Crippen molar-refractivity contribution in [2.45, 2.75) is 0 Å². The zero-order valence-electron chi connectivity index (χ0n) is 6.13. The van der Waals surface area contributed by atoms with Crippen molar-refractivity contribution in [1.29, 1.82) is 0 Å². The summed E-state index contributed by atoms with van der Waals surface area (Å²) in [6.07, 6.45) is 2.49. The maximum absolute atomic E-state index is 9.84. The number of methoxy groups -OCH3 is 1. The van der Waals surface area contributed by atoms with Gasteiger partial charge in [0.2, 0.25) is 0 Å². The first kappa shape index (κ1) is 8.91. The van der Waals surface area contributed by atoms with Crippen LogP contribution in [0.4, 0.5) is 0 Å². The van der Waals surface area contributed by atoms with Gasteiger partial charge in [-0.1, -0.05) is 0 Å². The van der Waals surface area contributed by atoms with Gasteiger partial charge in [0.15, 0.2) is 6.29 Å². The van der Waals surface area contributed by atoms with Crippen molar-refractivity contribution in [3.8, 4) is 0 Å². The standard InChI is InChI=1S/C5H5NO.C2H6O/c7-4-5-2-1-3-6-5;1-3-2/h1-4,6H;1-2H3. The molecule has 0 unspecified atom stereocenters. The second-order valence-electron chi connectivity index (χ2n) is 1.65. The molecule has 0 spiro atoms. The largest absolute Gasteiger partial charge is 0.388 e. The summed E-state index contributed by atoms with van der Waals surface area (Å²) in [6, 6.07) is 3.50. The van der Waals surface area contributed by atoms with E-state index in [1.54, 1.807) is 32.5 Å². The highest BCUT2D eigenvalue weighted by molar-refractivity contribution is 5.71. The minimum atomic E-state index is 0.625. The van der Waals surface area contributed by atoms with Crippen LogP contribution in [0.5, 0.6) is 0 Å². The van der Waals surface area contributed by atoms with E-state index in [0.717, 1.165) is 6.29 Å². The molecule has 0 radical (unpaired) electrons. The lowest BCUT2D eigenvalue weighted by Crippen LogP contribution is -1.72. The zero-order valence-corrected chi connectivity index (χ0v) is 6.13. The molecule has 1 N–H and O–H groups in total. The Kier molecular flexibility index (Phi) is 5.38. The van der Waals surface area contributed by atoms with Crippen molar-refractivity contribution in [2.75, 3.05) is 14.2 Å². The maximum atomic E-state index is 9.84. The summed E-state index contributed by atoms with van der Waals surface area (Å²) in [6.45, 7) is 0. The summed E-state index contributed by atoms with van der Waals surface area (Å²) in [5.41, 5.74) is 0.625. The third-order valence-electron chi connectivity index (χ3n) is 0.749. The average Bonchev–Trinajstić information content (AvgIpc) is 2.39. The van der Waals surface area contributed by atoms with Crippen LogP contribution in [0.1, 0.15) is 10.5 Å². The molecule has 0 fully saturated rings. The number of carbonyl (C=O) groups excluding carboxylic acids is 1. The van der Waals surface area contributed by atoms with E-state index in [2.05, 4.69) is 9.72 Å². The van der Waals surface area contributed by atoms with Crippen LogP contribution in [0, 0.1) is 0 Å². The molecule has 0 bridgehead atoms.